The van der Waals surface area contributed by atoms with Crippen LogP contribution in [0.3, 0.4) is 0 Å². The fraction of sp³-hybridized carbons (Fsp3) is 0.214. The Balaban J connectivity index is 1.71. The van der Waals surface area contributed by atoms with Crippen LogP contribution in [0.4, 0.5) is 5.69 Å². The summed E-state index contributed by atoms with van der Waals surface area (Å²) in [6, 6.07) is 25.5. The monoisotopic (exact) mass is 441 g/mol. The standard InChI is InChI=1S/C28H27NO2S/c1-19-10-12-21(13-11-19)24-25(32-18-20-8-6-5-7-9-20)27(31)29(26(24)30)23-16-14-22(15-17-23)28(2,3)4/h5-17H,18H2,1-4H3. The van der Waals surface area contributed by atoms with Gasteiger partial charge >= 0.3 is 0 Å². The van der Waals surface area contributed by atoms with Gasteiger partial charge in [0.2, 0.25) is 0 Å². The third-order valence-corrected chi connectivity index (χ3v) is 6.74. The van der Waals surface area contributed by atoms with Crippen molar-refractivity contribution in [1.29, 1.82) is 0 Å². The van der Waals surface area contributed by atoms with E-state index in [0.717, 1.165) is 22.3 Å². The van der Waals surface area contributed by atoms with Crippen molar-refractivity contribution in [3.05, 3.63) is 106 Å². The van der Waals surface area contributed by atoms with Crippen molar-refractivity contribution in [3.8, 4) is 0 Å². The van der Waals surface area contributed by atoms with Gasteiger partial charge in [-0.1, -0.05) is 93.1 Å². The predicted octanol–water partition coefficient (Wildman–Crippen LogP) is 6.51. The molecule has 3 aromatic carbocycles. The topological polar surface area (TPSA) is 37.4 Å². The van der Waals surface area contributed by atoms with Gasteiger partial charge in [0.05, 0.1) is 16.2 Å². The highest BCUT2D eigenvalue weighted by molar-refractivity contribution is 8.03. The average molecular weight is 442 g/mol. The lowest BCUT2D eigenvalue weighted by molar-refractivity contribution is -0.119. The zero-order valence-electron chi connectivity index (χ0n) is 18.9. The summed E-state index contributed by atoms with van der Waals surface area (Å²) >= 11 is 1.43. The zero-order valence-corrected chi connectivity index (χ0v) is 19.7. The van der Waals surface area contributed by atoms with Gasteiger partial charge in [-0.2, -0.15) is 0 Å². The minimum atomic E-state index is -0.266. The molecular formula is C28H27NO2S. The molecule has 0 spiro atoms. The number of nitrogens with zero attached hydrogens (tertiary/aromatic N) is 1. The average Bonchev–Trinajstić information content (AvgIpc) is 3.02. The number of hydrogen-bond acceptors (Lipinski definition) is 3. The summed E-state index contributed by atoms with van der Waals surface area (Å²) in [6.45, 7) is 8.44. The number of imide groups is 1. The van der Waals surface area contributed by atoms with Gasteiger partial charge in [0, 0.05) is 5.75 Å². The molecule has 0 saturated carbocycles. The molecule has 3 aromatic rings. The quantitative estimate of drug-likeness (QED) is 0.424. The van der Waals surface area contributed by atoms with E-state index < -0.39 is 0 Å². The Morgan fingerprint density at radius 2 is 1.41 bits per heavy atom. The van der Waals surface area contributed by atoms with E-state index in [-0.39, 0.29) is 17.2 Å². The molecule has 0 bridgehead atoms. The molecule has 0 radical (unpaired) electrons. The number of carbonyl (C=O) groups excluding carboxylic acids is 2. The number of anilines is 1. The molecule has 162 valence electrons. The van der Waals surface area contributed by atoms with Crippen LogP contribution in [-0.2, 0) is 20.8 Å². The van der Waals surface area contributed by atoms with E-state index in [1.54, 1.807) is 0 Å². The van der Waals surface area contributed by atoms with E-state index in [9.17, 15) is 9.59 Å². The molecule has 0 atom stereocenters. The molecule has 2 amide bonds. The molecule has 1 heterocycles. The number of aryl methyl sites for hydroxylation is 1. The van der Waals surface area contributed by atoms with Gasteiger partial charge in [0.25, 0.3) is 11.8 Å². The molecule has 0 aromatic heterocycles. The van der Waals surface area contributed by atoms with E-state index in [0.29, 0.717) is 21.9 Å². The zero-order chi connectivity index (χ0) is 22.9. The van der Waals surface area contributed by atoms with Crippen molar-refractivity contribution in [2.45, 2.75) is 38.9 Å². The molecule has 0 aliphatic carbocycles. The predicted molar refractivity (Wildman–Crippen MR) is 133 cm³/mol. The molecule has 32 heavy (non-hydrogen) atoms. The number of thioether (sulfide) groups is 1. The van der Waals surface area contributed by atoms with Crippen LogP contribution < -0.4 is 4.90 Å². The Morgan fingerprint density at radius 1 is 0.781 bits per heavy atom. The maximum Gasteiger partial charge on any atom is 0.272 e. The van der Waals surface area contributed by atoms with Crippen molar-refractivity contribution >= 4 is 34.8 Å². The van der Waals surface area contributed by atoms with Crippen molar-refractivity contribution < 1.29 is 9.59 Å². The van der Waals surface area contributed by atoms with Gasteiger partial charge in [-0.15, -0.1) is 11.8 Å². The van der Waals surface area contributed by atoms with Gasteiger partial charge in [0.15, 0.2) is 0 Å². The smallest absolute Gasteiger partial charge is 0.268 e. The maximum atomic E-state index is 13.5. The highest BCUT2D eigenvalue weighted by atomic mass is 32.2. The SMILES string of the molecule is Cc1ccc(C2=C(SCc3ccccc3)C(=O)N(c3ccc(C(C)(C)C)cc3)C2=O)cc1. The fourth-order valence-corrected chi connectivity index (χ4v) is 4.76. The molecule has 0 N–H and O–H groups in total. The van der Waals surface area contributed by atoms with E-state index in [1.807, 2.05) is 85.8 Å². The summed E-state index contributed by atoms with van der Waals surface area (Å²) < 4.78 is 0. The summed E-state index contributed by atoms with van der Waals surface area (Å²) in [5, 5.41) is 0. The van der Waals surface area contributed by atoms with Gasteiger partial charge in [-0.25, -0.2) is 4.90 Å². The molecule has 1 aliphatic heterocycles. The van der Waals surface area contributed by atoms with Crippen LogP contribution in [0.5, 0.6) is 0 Å². The summed E-state index contributed by atoms with van der Waals surface area (Å²) in [5.74, 6) is 0.106. The van der Waals surface area contributed by atoms with E-state index in [2.05, 4.69) is 20.8 Å². The van der Waals surface area contributed by atoms with E-state index in [4.69, 9.17) is 0 Å². The second kappa shape index (κ2) is 8.79. The van der Waals surface area contributed by atoms with Crippen molar-refractivity contribution in [1.82, 2.24) is 0 Å². The first-order valence-corrected chi connectivity index (χ1v) is 11.7. The number of rotatable bonds is 5. The Hall–Kier alpha value is -3.11. The summed E-state index contributed by atoms with van der Waals surface area (Å²) in [6.07, 6.45) is 0. The lowest BCUT2D eigenvalue weighted by Gasteiger charge is -2.21. The fourth-order valence-electron chi connectivity index (χ4n) is 3.69. The van der Waals surface area contributed by atoms with Crippen LogP contribution in [0.25, 0.3) is 5.57 Å². The molecule has 0 fully saturated rings. The van der Waals surface area contributed by atoms with Crippen LogP contribution in [-0.4, -0.2) is 11.8 Å². The molecule has 1 aliphatic rings. The molecule has 3 nitrogen and oxygen atoms in total. The number of hydrogen-bond donors (Lipinski definition) is 0. The van der Waals surface area contributed by atoms with E-state index in [1.165, 1.54) is 16.7 Å². The largest absolute Gasteiger partial charge is 0.272 e. The summed E-state index contributed by atoms with van der Waals surface area (Å²) in [7, 11) is 0. The minimum absolute atomic E-state index is 0.000435. The number of benzene rings is 3. The normalized spacial score (nSPS) is 14.4. The molecule has 0 saturated heterocycles. The van der Waals surface area contributed by atoms with Gasteiger partial charge < -0.3 is 0 Å². The summed E-state index contributed by atoms with van der Waals surface area (Å²) in [5.41, 5.74) is 5.24. The minimum Gasteiger partial charge on any atom is -0.268 e. The third kappa shape index (κ3) is 4.42. The first-order chi connectivity index (χ1) is 15.3. The lowest BCUT2D eigenvalue weighted by atomic mass is 9.87. The maximum absolute atomic E-state index is 13.5. The van der Waals surface area contributed by atoms with Gasteiger partial charge in [-0.3, -0.25) is 9.59 Å². The third-order valence-electron chi connectivity index (χ3n) is 5.60. The van der Waals surface area contributed by atoms with Crippen molar-refractivity contribution in [3.63, 3.8) is 0 Å². The number of amides is 2. The van der Waals surface area contributed by atoms with Gasteiger partial charge in [-0.05, 0) is 41.2 Å². The second-order valence-electron chi connectivity index (χ2n) is 9.09. The molecule has 4 rings (SSSR count). The van der Waals surface area contributed by atoms with Crippen LogP contribution in [0.1, 0.15) is 43.0 Å². The van der Waals surface area contributed by atoms with Crippen molar-refractivity contribution in [2.24, 2.45) is 0 Å². The Morgan fingerprint density at radius 3 is 2.00 bits per heavy atom. The van der Waals surface area contributed by atoms with Crippen molar-refractivity contribution in [2.75, 3.05) is 4.90 Å². The second-order valence-corrected chi connectivity index (χ2v) is 10.1. The Bertz CT molecular complexity index is 1170. The highest BCUT2D eigenvalue weighted by Gasteiger charge is 2.40. The van der Waals surface area contributed by atoms with E-state index >= 15 is 0 Å². The van der Waals surface area contributed by atoms with Crippen LogP contribution in [0, 0.1) is 6.92 Å². The van der Waals surface area contributed by atoms with Crippen LogP contribution >= 0.6 is 11.8 Å². The van der Waals surface area contributed by atoms with Crippen LogP contribution in [0.15, 0.2) is 83.8 Å². The summed E-state index contributed by atoms with van der Waals surface area (Å²) in [4.78, 5) is 28.9. The lowest BCUT2D eigenvalue weighted by Crippen LogP contribution is -2.31. The number of carbonyl (C=O) groups is 2. The van der Waals surface area contributed by atoms with Crippen LogP contribution in [0.2, 0.25) is 0 Å². The molecule has 4 heteroatoms. The molecular weight excluding hydrogens is 414 g/mol. The first-order valence-electron chi connectivity index (χ1n) is 10.7. The Labute approximate surface area is 194 Å². The highest BCUT2D eigenvalue weighted by Crippen LogP contribution is 2.40. The van der Waals surface area contributed by atoms with Gasteiger partial charge in [0.1, 0.15) is 0 Å². The first kappa shape index (κ1) is 22.1. The Kier molecular flexibility index (Phi) is 6.07. The molecule has 0 unspecified atom stereocenters.